The number of carbonyl (C=O) groups excluding carboxylic acids is 2. The Morgan fingerprint density at radius 2 is 1.73 bits per heavy atom. The molecule has 2 heterocycles. The molecule has 14 heteroatoms. The van der Waals surface area contributed by atoms with Gasteiger partial charge in [0.15, 0.2) is 11.4 Å². The molecule has 210 valence electrons. The maximum Gasteiger partial charge on any atom is 0.416 e. The second kappa shape index (κ2) is 9.86. The number of ether oxygens (including phenoxy) is 1. The molecular weight excluding hydrogens is 595 g/mol. The van der Waals surface area contributed by atoms with Crippen LogP contribution < -0.4 is 16.0 Å². The van der Waals surface area contributed by atoms with Gasteiger partial charge in [0.2, 0.25) is 11.8 Å². The van der Waals surface area contributed by atoms with Crippen LogP contribution >= 0.6 is 34.5 Å². The topological polar surface area (TPSA) is 95.7 Å². The minimum Gasteiger partial charge on any atom is -0.356 e. The smallest absolute Gasteiger partial charge is 0.356 e. The fraction of sp³-hybridized carbons (Fsp3) is 0.346. The average Bonchev–Trinajstić information content (AvgIpc) is 3.77. The zero-order chi connectivity index (χ0) is 28.4. The first-order valence-electron chi connectivity index (χ1n) is 12.3. The van der Waals surface area contributed by atoms with Crippen molar-refractivity contribution in [2.75, 3.05) is 16.0 Å². The summed E-state index contributed by atoms with van der Waals surface area (Å²) in [5.74, 6) is -1.58. The molecule has 3 N–H and O–H groups in total. The molecule has 1 aromatic heterocycles. The lowest BCUT2D eigenvalue weighted by atomic mass is 10.1. The highest BCUT2D eigenvalue weighted by Crippen LogP contribution is 2.53. The zero-order valence-corrected chi connectivity index (χ0v) is 22.7. The molecule has 40 heavy (non-hydrogen) atoms. The Morgan fingerprint density at radius 3 is 2.38 bits per heavy atom. The lowest BCUT2D eigenvalue weighted by Gasteiger charge is -2.14. The molecule has 1 aliphatic heterocycles. The van der Waals surface area contributed by atoms with Crippen molar-refractivity contribution >= 4 is 62.9 Å². The molecule has 2 amide bonds. The van der Waals surface area contributed by atoms with Crippen molar-refractivity contribution in [1.29, 1.82) is 0 Å². The Morgan fingerprint density at radius 1 is 1.02 bits per heavy atom. The van der Waals surface area contributed by atoms with Gasteiger partial charge in [0.1, 0.15) is 17.3 Å². The van der Waals surface area contributed by atoms with Crippen molar-refractivity contribution in [2.45, 2.75) is 50.1 Å². The minimum atomic E-state index is -4.52. The minimum absolute atomic E-state index is 0.0853. The molecule has 3 aromatic rings. The van der Waals surface area contributed by atoms with E-state index in [0.29, 0.717) is 18.0 Å². The Balaban J connectivity index is 1.15. The summed E-state index contributed by atoms with van der Waals surface area (Å²) in [4.78, 5) is 31.4. The van der Waals surface area contributed by atoms with Crippen molar-refractivity contribution in [3.63, 3.8) is 0 Å². The number of benzene rings is 2. The number of rotatable bonds is 8. The molecule has 2 atom stereocenters. The number of nitrogens with zero attached hydrogens (tertiary/aromatic N) is 1. The second-order valence-corrected chi connectivity index (χ2v) is 11.8. The third kappa shape index (κ3) is 5.37. The van der Waals surface area contributed by atoms with E-state index in [-0.39, 0.29) is 27.3 Å². The number of nitrogens with one attached hydrogen (secondary N) is 3. The van der Waals surface area contributed by atoms with Gasteiger partial charge >= 0.3 is 6.18 Å². The number of anilines is 3. The summed E-state index contributed by atoms with van der Waals surface area (Å²) >= 11 is 13.0. The first kappa shape index (κ1) is 27.3. The third-order valence-corrected chi connectivity index (χ3v) is 8.69. The van der Waals surface area contributed by atoms with Gasteiger partial charge < -0.3 is 20.7 Å². The predicted molar refractivity (Wildman–Crippen MR) is 142 cm³/mol. The second-order valence-electron chi connectivity index (χ2n) is 9.98. The van der Waals surface area contributed by atoms with E-state index in [2.05, 4.69) is 20.9 Å². The standard InChI is InChI=1S/C26H20Cl2F4N4O3S/c27-14-6-4-13(10-16(14)29)33-22(37)25(7-8-25)23(38)36-24-35-18(11-1-2-11)20(40-24)19-21(39-19)34-17-9-12(26(30,31)32)3-5-15(17)28/h3-6,9-11,19,21,34H,1-2,7-8H2,(H,33,37)(H,35,36,38). The van der Waals surface area contributed by atoms with Crippen LogP contribution in [0.5, 0.6) is 0 Å². The molecule has 6 rings (SSSR count). The highest BCUT2D eigenvalue weighted by Gasteiger charge is 2.57. The summed E-state index contributed by atoms with van der Waals surface area (Å²) in [7, 11) is 0. The van der Waals surface area contributed by atoms with Gasteiger partial charge in [-0.2, -0.15) is 13.2 Å². The van der Waals surface area contributed by atoms with Crippen LogP contribution in [0.4, 0.5) is 34.1 Å². The van der Waals surface area contributed by atoms with Gasteiger partial charge in [0.05, 0.1) is 31.9 Å². The van der Waals surface area contributed by atoms with Crippen molar-refractivity contribution in [3.8, 4) is 0 Å². The third-order valence-electron chi connectivity index (χ3n) is 7.00. The number of carbonyl (C=O) groups is 2. The van der Waals surface area contributed by atoms with Crippen LogP contribution in [0.15, 0.2) is 36.4 Å². The van der Waals surface area contributed by atoms with E-state index in [1.54, 1.807) is 0 Å². The molecule has 2 unspecified atom stereocenters. The van der Waals surface area contributed by atoms with Crippen molar-refractivity contribution in [2.24, 2.45) is 5.41 Å². The van der Waals surface area contributed by atoms with Crippen LogP contribution in [0.25, 0.3) is 0 Å². The first-order valence-corrected chi connectivity index (χ1v) is 13.9. The SMILES string of the molecule is O=C(Nc1ccc(Cl)c(F)c1)C1(C(=O)Nc2nc(C3CC3)c(C3OC3Nc3cc(C(F)(F)F)ccc3Cl)s2)CC1. The first-order chi connectivity index (χ1) is 18.9. The molecule has 1 saturated heterocycles. The quantitative estimate of drug-likeness (QED) is 0.140. The highest BCUT2D eigenvalue weighted by molar-refractivity contribution is 7.16. The summed E-state index contributed by atoms with van der Waals surface area (Å²) in [6, 6.07) is 6.84. The van der Waals surface area contributed by atoms with E-state index in [4.69, 9.17) is 27.9 Å². The number of hydrogen-bond acceptors (Lipinski definition) is 6. The van der Waals surface area contributed by atoms with Crippen LogP contribution in [0.2, 0.25) is 10.0 Å². The molecule has 7 nitrogen and oxygen atoms in total. The molecule has 0 bridgehead atoms. The van der Waals surface area contributed by atoms with E-state index in [1.807, 2.05) is 0 Å². The maximum absolute atomic E-state index is 13.8. The molecule has 3 aliphatic rings. The number of hydrogen-bond donors (Lipinski definition) is 3. The number of amides is 2. The molecule has 2 saturated carbocycles. The largest absolute Gasteiger partial charge is 0.416 e. The van der Waals surface area contributed by atoms with Crippen LogP contribution in [-0.2, 0) is 20.5 Å². The van der Waals surface area contributed by atoms with Crippen LogP contribution in [0, 0.1) is 11.2 Å². The maximum atomic E-state index is 13.8. The zero-order valence-electron chi connectivity index (χ0n) is 20.4. The normalized spacial score (nSPS) is 21.1. The number of epoxide rings is 1. The van der Waals surface area contributed by atoms with E-state index in [9.17, 15) is 27.2 Å². The average molecular weight is 615 g/mol. The summed E-state index contributed by atoms with van der Waals surface area (Å²) < 4.78 is 58.9. The molecule has 0 radical (unpaired) electrons. The van der Waals surface area contributed by atoms with Gasteiger partial charge in [-0.25, -0.2) is 9.37 Å². The van der Waals surface area contributed by atoms with Crippen molar-refractivity contribution in [1.82, 2.24) is 4.98 Å². The summed E-state index contributed by atoms with van der Waals surface area (Å²) in [6.07, 6.45) is -3.15. The Bertz CT molecular complexity index is 1520. The van der Waals surface area contributed by atoms with Crippen LogP contribution in [0.1, 0.15) is 53.8 Å². The summed E-state index contributed by atoms with van der Waals surface area (Å²) in [5, 5.41) is 8.56. The molecule has 2 aliphatic carbocycles. The molecule has 3 fully saturated rings. The van der Waals surface area contributed by atoms with Gasteiger partial charge in [-0.3, -0.25) is 9.59 Å². The Hall–Kier alpha value is -2.93. The Labute approximate surface area is 239 Å². The monoisotopic (exact) mass is 614 g/mol. The lowest BCUT2D eigenvalue weighted by Crippen LogP contribution is -2.35. The molecular formula is C26H20Cl2F4N4O3S. The van der Waals surface area contributed by atoms with Gasteiger partial charge in [0, 0.05) is 11.6 Å². The fourth-order valence-corrected chi connectivity index (χ4v) is 5.76. The Kier molecular flexibility index (Phi) is 6.72. The van der Waals surface area contributed by atoms with Crippen LogP contribution in [-0.4, -0.2) is 23.0 Å². The van der Waals surface area contributed by atoms with Crippen molar-refractivity contribution in [3.05, 3.63) is 68.4 Å². The van der Waals surface area contributed by atoms with Gasteiger partial charge in [-0.05, 0) is 62.1 Å². The predicted octanol–water partition coefficient (Wildman–Crippen LogP) is 7.35. The number of thiazole rings is 1. The van der Waals surface area contributed by atoms with Crippen LogP contribution in [0.3, 0.4) is 0 Å². The van der Waals surface area contributed by atoms with E-state index in [1.165, 1.54) is 29.5 Å². The molecule has 2 aromatic carbocycles. The van der Waals surface area contributed by atoms with Gasteiger partial charge in [0.25, 0.3) is 0 Å². The number of alkyl halides is 3. The van der Waals surface area contributed by atoms with Gasteiger partial charge in [-0.15, -0.1) is 0 Å². The summed E-state index contributed by atoms with van der Waals surface area (Å²) in [5.41, 5.74) is -1.10. The van der Waals surface area contributed by atoms with Crippen molar-refractivity contribution < 1.29 is 31.9 Å². The van der Waals surface area contributed by atoms with Gasteiger partial charge in [-0.1, -0.05) is 34.5 Å². The lowest BCUT2D eigenvalue weighted by molar-refractivity contribution is -0.137. The fourth-order valence-electron chi connectivity index (χ4n) is 4.36. The molecule has 0 spiro atoms. The summed E-state index contributed by atoms with van der Waals surface area (Å²) in [6.45, 7) is 0. The number of halogens is 6. The highest BCUT2D eigenvalue weighted by atomic mass is 35.5. The van der Waals surface area contributed by atoms with E-state index >= 15 is 0 Å². The van der Waals surface area contributed by atoms with E-state index < -0.39 is 47.1 Å². The van der Waals surface area contributed by atoms with E-state index in [0.717, 1.165) is 41.6 Å². The number of aromatic nitrogens is 1.